The molecule has 0 rings (SSSR count). The Bertz CT molecular complexity index is 134. The minimum Gasteiger partial charge on any atom is -0.301 e. The van der Waals surface area contributed by atoms with Crippen LogP contribution in [0.4, 0.5) is 0 Å². The van der Waals surface area contributed by atoms with Gasteiger partial charge in [-0.3, -0.25) is 4.79 Å². The lowest BCUT2D eigenvalue weighted by molar-refractivity contribution is -0.117. The molecule has 0 bridgehead atoms. The Labute approximate surface area is 75.9 Å². The molecule has 0 spiro atoms. The van der Waals surface area contributed by atoms with E-state index in [1.807, 2.05) is 0 Å². The summed E-state index contributed by atoms with van der Waals surface area (Å²) in [5.74, 6) is 0.289. The Balaban J connectivity index is 3.74. The van der Waals surface area contributed by atoms with Crippen molar-refractivity contribution in [3.63, 3.8) is 0 Å². The molecule has 1 unspecified atom stereocenters. The van der Waals surface area contributed by atoms with Crippen LogP contribution in [0.3, 0.4) is 0 Å². The number of carbonyl (C=O) groups excluding carboxylic acids is 1. The van der Waals surface area contributed by atoms with Crippen LogP contribution in [0.15, 0.2) is 0 Å². The summed E-state index contributed by atoms with van der Waals surface area (Å²) < 4.78 is 0. The molecule has 0 saturated heterocycles. The van der Waals surface area contributed by atoms with E-state index in [0.29, 0.717) is 12.5 Å². The second-order valence-corrected chi connectivity index (χ2v) is 3.34. The Morgan fingerprint density at radius 1 is 1.42 bits per heavy atom. The highest BCUT2D eigenvalue weighted by molar-refractivity contribution is 5.75. The van der Waals surface area contributed by atoms with Crippen LogP contribution in [0, 0.1) is 0 Å². The molecular formula is C10H21NO. The molecule has 0 amide bonds. The molecule has 12 heavy (non-hydrogen) atoms. The summed E-state index contributed by atoms with van der Waals surface area (Å²) in [6, 6.07) is 0.606. The molecule has 72 valence electrons. The standard InChI is InChI=1S/C10H21NO/c1-5-9(3)11(6-2)8-7-10(4)12/h9H,5-8H2,1-4H3. The second kappa shape index (κ2) is 6.18. The summed E-state index contributed by atoms with van der Waals surface area (Å²) >= 11 is 0. The van der Waals surface area contributed by atoms with E-state index in [1.54, 1.807) is 6.92 Å². The Hall–Kier alpha value is -0.370. The van der Waals surface area contributed by atoms with Crippen molar-refractivity contribution in [3.05, 3.63) is 0 Å². The summed E-state index contributed by atoms with van der Waals surface area (Å²) in [5, 5.41) is 0. The van der Waals surface area contributed by atoms with Crippen molar-refractivity contribution in [1.29, 1.82) is 0 Å². The fourth-order valence-corrected chi connectivity index (χ4v) is 1.25. The highest BCUT2D eigenvalue weighted by Crippen LogP contribution is 2.03. The molecule has 0 aliphatic rings. The van der Waals surface area contributed by atoms with E-state index >= 15 is 0 Å². The second-order valence-electron chi connectivity index (χ2n) is 3.34. The lowest BCUT2D eigenvalue weighted by atomic mass is 10.2. The maximum absolute atomic E-state index is 10.7. The molecule has 1 atom stereocenters. The smallest absolute Gasteiger partial charge is 0.131 e. The molecule has 0 fully saturated rings. The molecular weight excluding hydrogens is 150 g/mol. The first kappa shape index (κ1) is 11.6. The molecule has 0 N–H and O–H groups in total. The number of carbonyl (C=O) groups is 1. The van der Waals surface area contributed by atoms with Gasteiger partial charge in [-0.2, -0.15) is 0 Å². The van der Waals surface area contributed by atoms with Gasteiger partial charge in [-0.25, -0.2) is 0 Å². The fourth-order valence-electron chi connectivity index (χ4n) is 1.25. The molecule has 0 radical (unpaired) electrons. The highest BCUT2D eigenvalue weighted by atomic mass is 16.1. The van der Waals surface area contributed by atoms with Gasteiger partial charge in [-0.15, -0.1) is 0 Å². The highest BCUT2D eigenvalue weighted by Gasteiger charge is 2.09. The van der Waals surface area contributed by atoms with Crippen molar-refractivity contribution in [2.45, 2.75) is 46.6 Å². The van der Waals surface area contributed by atoms with E-state index in [2.05, 4.69) is 25.7 Å². The zero-order valence-corrected chi connectivity index (χ0v) is 8.76. The summed E-state index contributed by atoms with van der Waals surface area (Å²) in [6.07, 6.45) is 1.85. The summed E-state index contributed by atoms with van der Waals surface area (Å²) in [6.45, 7) is 10.2. The maximum atomic E-state index is 10.7. The van der Waals surface area contributed by atoms with Gasteiger partial charge < -0.3 is 4.90 Å². The molecule has 0 heterocycles. The predicted octanol–water partition coefficient (Wildman–Crippen LogP) is 2.09. The molecule has 0 aliphatic carbocycles. The third-order valence-corrected chi connectivity index (χ3v) is 2.37. The number of hydrogen-bond acceptors (Lipinski definition) is 2. The quantitative estimate of drug-likeness (QED) is 0.610. The Morgan fingerprint density at radius 2 is 2.00 bits per heavy atom. The van der Waals surface area contributed by atoms with Crippen LogP contribution in [0.5, 0.6) is 0 Å². The fraction of sp³-hybridized carbons (Fsp3) is 0.900. The zero-order valence-electron chi connectivity index (χ0n) is 8.76. The Kier molecular flexibility index (Phi) is 5.99. The van der Waals surface area contributed by atoms with Gasteiger partial charge in [0.25, 0.3) is 0 Å². The van der Waals surface area contributed by atoms with Crippen LogP contribution in [0.25, 0.3) is 0 Å². The molecule has 0 aliphatic heterocycles. The third kappa shape index (κ3) is 4.50. The average molecular weight is 171 g/mol. The van der Waals surface area contributed by atoms with Crippen molar-refractivity contribution in [2.24, 2.45) is 0 Å². The van der Waals surface area contributed by atoms with E-state index in [9.17, 15) is 4.79 Å². The Morgan fingerprint density at radius 3 is 2.33 bits per heavy atom. The first-order valence-corrected chi connectivity index (χ1v) is 4.85. The number of ketones is 1. The lowest BCUT2D eigenvalue weighted by Gasteiger charge is -2.26. The summed E-state index contributed by atoms with van der Waals surface area (Å²) in [5.41, 5.74) is 0. The molecule has 2 heteroatoms. The van der Waals surface area contributed by atoms with E-state index in [4.69, 9.17) is 0 Å². The monoisotopic (exact) mass is 171 g/mol. The zero-order chi connectivity index (χ0) is 9.56. The van der Waals surface area contributed by atoms with Crippen LogP contribution in [0.2, 0.25) is 0 Å². The van der Waals surface area contributed by atoms with Gasteiger partial charge in [0.2, 0.25) is 0 Å². The molecule has 0 aromatic heterocycles. The minimum atomic E-state index is 0.289. The van der Waals surface area contributed by atoms with Crippen LogP contribution in [0.1, 0.15) is 40.5 Å². The first-order chi connectivity index (χ1) is 5.61. The molecule has 0 aromatic carbocycles. The van der Waals surface area contributed by atoms with Gasteiger partial charge in [0, 0.05) is 19.0 Å². The number of nitrogens with zero attached hydrogens (tertiary/aromatic N) is 1. The van der Waals surface area contributed by atoms with Gasteiger partial charge in [-0.1, -0.05) is 13.8 Å². The van der Waals surface area contributed by atoms with Gasteiger partial charge in [0.15, 0.2) is 0 Å². The van der Waals surface area contributed by atoms with Crippen LogP contribution >= 0.6 is 0 Å². The van der Waals surface area contributed by atoms with Crippen LogP contribution < -0.4 is 0 Å². The summed E-state index contributed by atoms with van der Waals surface area (Å²) in [4.78, 5) is 13.1. The lowest BCUT2D eigenvalue weighted by Crippen LogP contribution is -2.33. The van der Waals surface area contributed by atoms with Crippen molar-refractivity contribution in [1.82, 2.24) is 4.90 Å². The van der Waals surface area contributed by atoms with Crippen LogP contribution in [-0.4, -0.2) is 29.8 Å². The minimum absolute atomic E-state index is 0.289. The first-order valence-electron chi connectivity index (χ1n) is 4.85. The predicted molar refractivity (Wildman–Crippen MR) is 52.3 cm³/mol. The third-order valence-electron chi connectivity index (χ3n) is 2.37. The van der Waals surface area contributed by atoms with Gasteiger partial charge in [-0.05, 0) is 26.8 Å². The van der Waals surface area contributed by atoms with Crippen LogP contribution in [-0.2, 0) is 4.79 Å². The SMILES string of the molecule is CCC(C)N(CC)CCC(C)=O. The van der Waals surface area contributed by atoms with Crippen molar-refractivity contribution >= 4 is 5.78 Å². The van der Waals surface area contributed by atoms with Gasteiger partial charge >= 0.3 is 0 Å². The number of Topliss-reactive ketones (excluding diaryl/α,β-unsaturated/α-hetero) is 1. The van der Waals surface area contributed by atoms with Crippen molar-refractivity contribution in [2.75, 3.05) is 13.1 Å². The van der Waals surface area contributed by atoms with E-state index in [-0.39, 0.29) is 5.78 Å². The van der Waals surface area contributed by atoms with Gasteiger partial charge in [0.1, 0.15) is 5.78 Å². The van der Waals surface area contributed by atoms with Crippen molar-refractivity contribution in [3.8, 4) is 0 Å². The maximum Gasteiger partial charge on any atom is 0.131 e. The average Bonchev–Trinajstić information content (AvgIpc) is 2.04. The van der Waals surface area contributed by atoms with E-state index < -0.39 is 0 Å². The number of hydrogen-bond donors (Lipinski definition) is 0. The van der Waals surface area contributed by atoms with E-state index in [0.717, 1.165) is 19.5 Å². The topological polar surface area (TPSA) is 20.3 Å². The number of rotatable bonds is 6. The van der Waals surface area contributed by atoms with Crippen molar-refractivity contribution < 1.29 is 4.79 Å². The summed E-state index contributed by atoms with van der Waals surface area (Å²) in [7, 11) is 0. The largest absolute Gasteiger partial charge is 0.301 e. The molecule has 0 saturated carbocycles. The van der Waals surface area contributed by atoms with E-state index in [1.165, 1.54) is 0 Å². The molecule has 2 nitrogen and oxygen atoms in total. The van der Waals surface area contributed by atoms with Gasteiger partial charge in [0.05, 0.1) is 0 Å². The molecule has 0 aromatic rings. The normalized spacial score (nSPS) is 13.4.